The van der Waals surface area contributed by atoms with E-state index in [2.05, 4.69) is 34.2 Å². The summed E-state index contributed by atoms with van der Waals surface area (Å²) in [6, 6.07) is 7.62. The van der Waals surface area contributed by atoms with Crippen LogP contribution >= 0.6 is 24.0 Å². The zero-order chi connectivity index (χ0) is 19.5. The van der Waals surface area contributed by atoms with Crippen molar-refractivity contribution in [3.8, 4) is 0 Å². The van der Waals surface area contributed by atoms with Crippen LogP contribution in [0.2, 0.25) is 0 Å². The van der Waals surface area contributed by atoms with Gasteiger partial charge in [0.05, 0.1) is 13.7 Å². The van der Waals surface area contributed by atoms with Gasteiger partial charge in [0.25, 0.3) is 0 Å². The maximum absolute atomic E-state index is 11.2. The lowest BCUT2D eigenvalue weighted by atomic mass is 9.96. The maximum Gasteiger partial charge on any atom is 0.411 e. The Morgan fingerprint density at radius 3 is 2.57 bits per heavy atom. The van der Waals surface area contributed by atoms with Crippen LogP contribution in [-0.4, -0.2) is 57.4 Å². The minimum absolute atomic E-state index is 0. The Kier molecular flexibility index (Phi) is 11.9. The van der Waals surface area contributed by atoms with Crippen LogP contribution in [0, 0.1) is 5.92 Å². The number of nitrogens with zero attached hydrogens (tertiary/aromatic N) is 2. The molecule has 2 N–H and O–H groups in total. The molecule has 2 rings (SSSR count). The number of guanidine groups is 1. The molecule has 0 aromatic heterocycles. The number of hydrogen-bond acceptors (Lipinski definition) is 4. The third-order valence-corrected chi connectivity index (χ3v) is 4.71. The highest BCUT2D eigenvalue weighted by Crippen LogP contribution is 2.18. The summed E-state index contributed by atoms with van der Waals surface area (Å²) in [6.07, 6.45) is 3.01. The SMILES string of the molecule is CCNC(=NCc1ccc(NC(=O)OC)cc1)N(C)CCC1CCOCC1.I. The van der Waals surface area contributed by atoms with Crippen LogP contribution in [0.15, 0.2) is 29.3 Å². The zero-order valence-corrected chi connectivity index (χ0v) is 19.4. The standard InChI is InChI=1S/C20H32N4O3.HI/c1-4-21-19(24(2)12-9-16-10-13-27-14-11-16)22-15-17-5-7-18(8-6-17)23-20(25)26-3;/h5-8,16H,4,9-15H2,1-3H3,(H,21,22)(H,23,25);1H. The molecule has 1 amide bonds. The van der Waals surface area contributed by atoms with Crippen molar-refractivity contribution < 1.29 is 14.3 Å². The van der Waals surface area contributed by atoms with Gasteiger partial charge >= 0.3 is 6.09 Å². The van der Waals surface area contributed by atoms with Gasteiger partial charge < -0.3 is 19.7 Å². The molecule has 8 heteroatoms. The predicted octanol–water partition coefficient (Wildman–Crippen LogP) is 3.70. The van der Waals surface area contributed by atoms with E-state index in [4.69, 9.17) is 9.73 Å². The van der Waals surface area contributed by atoms with Crippen molar-refractivity contribution in [2.45, 2.75) is 32.7 Å². The Morgan fingerprint density at radius 1 is 1.29 bits per heavy atom. The first-order chi connectivity index (χ1) is 13.1. The summed E-state index contributed by atoms with van der Waals surface area (Å²) in [6.45, 7) is 6.27. The molecule has 1 aliphatic rings. The van der Waals surface area contributed by atoms with Gasteiger partial charge in [0.15, 0.2) is 5.96 Å². The number of amides is 1. The summed E-state index contributed by atoms with van der Waals surface area (Å²) in [4.78, 5) is 18.2. The second-order valence-corrected chi connectivity index (χ2v) is 6.75. The fourth-order valence-electron chi connectivity index (χ4n) is 3.02. The summed E-state index contributed by atoms with van der Waals surface area (Å²) in [5, 5.41) is 6.01. The van der Waals surface area contributed by atoms with Gasteiger partial charge in [-0.15, -0.1) is 24.0 Å². The van der Waals surface area contributed by atoms with Gasteiger partial charge in [0.2, 0.25) is 0 Å². The monoisotopic (exact) mass is 504 g/mol. The van der Waals surface area contributed by atoms with E-state index in [0.717, 1.165) is 63.0 Å². The van der Waals surface area contributed by atoms with E-state index >= 15 is 0 Å². The highest BCUT2D eigenvalue weighted by molar-refractivity contribution is 14.0. The zero-order valence-electron chi connectivity index (χ0n) is 17.1. The molecule has 1 saturated heterocycles. The summed E-state index contributed by atoms with van der Waals surface area (Å²) in [5.41, 5.74) is 1.79. The van der Waals surface area contributed by atoms with E-state index in [1.807, 2.05) is 24.3 Å². The van der Waals surface area contributed by atoms with Crippen LogP contribution in [0.1, 0.15) is 31.7 Å². The Labute approximate surface area is 185 Å². The third-order valence-electron chi connectivity index (χ3n) is 4.71. The Hall–Kier alpha value is -1.55. The molecular formula is C20H33IN4O3. The molecule has 28 heavy (non-hydrogen) atoms. The highest BCUT2D eigenvalue weighted by atomic mass is 127. The number of carbonyl (C=O) groups is 1. The molecule has 1 heterocycles. The van der Waals surface area contributed by atoms with E-state index in [9.17, 15) is 4.79 Å². The summed E-state index contributed by atoms with van der Waals surface area (Å²) in [5.74, 6) is 1.67. The second-order valence-electron chi connectivity index (χ2n) is 6.75. The number of rotatable bonds is 7. The van der Waals surface area contributed by atoms with E-state index in [1.165, 1.54) is 7.11 Å². The number of nitrogens with one attached hydrogen (secondary N) is 2. The number of anilines is 1. The minimum atomic E-state index is -0.471. The quantitative estimate of drug-likeness (QED) is 0.337. The molecule has 1 aromatic rings. The fraction of sp³-hybridized carbons (Fsp3) is 0.600. The van der Waals surface area contributed by atoms with Crippen molar-refractivity contribution in [1.82, 2.24) is 10.2 Å². The lowest BCUT2D eigenvalue weighted by Crippen LogP contribution is -2.40. The number of hydrogen-bond donors (Lipinski definition) is 2. The number of halogens is 1. The summed E-state index contributed by atoms with van der Waals surface area (Å²) in [7, 11) is 3.43. The van der Waals surface area contributed by atoms with Gasteiger partial charge in [-0.2, -0.15) is 0 Å². The van der Waals surface area contributed by atoms with Gasteiger partial charge in [0, 0.05) is 39.0 Å². The number of aliphatic imine (C=N–C) groups is 1. The van der Waals surface area contributed by atoms with Crippen molar-refractivity contribution in [1.29, 1.82) is 0 Å². The second kappa shape index (κ2) is 13.6. The molecule has 158 valence electrons. The molecule has 1 aliphatic heterocycles. The predicted molar refractivity (Wildman–Crippen MR) is 123 cm³/mol. The molecule has 0 saturated carbocycles. The molecule has 0 atom stereocenters. The van der Waals surface area contributed by atoms with Crippen LogP contribution in [-0.2, 0) is 16.0 Å². The Bertz CT molecular complexity index is 604. The number of benzene rings is 1. The normalized spacial score (nSPS) is 14.8. The van der Waals surface area contributed by atoms with E-state index in [0.29, 0.717) is 12.2 Å². The summed E-state index contributed by atoms with van der Waals surface area (Å²) < 4.78 is 10.0. The summed E-state index contributed by atoms with van der Waals surface area (Å²) >= 11 is 0. The molecule has 0 bridgehead atoms. The average Bonchev–Trinajstić information content (AvgIpc) is 2.71. The van der Waals surface area contributed by atoms with Crippen LogP contribution in [0.3, 0.4) is 0 Å². The number of carbonyl (C=O) groups excluding carboxylic acids is 1. The Balaban J connectivity index is 0.00000392. The molecule has 1 fully saturated rings. The first-order valence-electron chi connectivity index (χ1n) is 9.63. The van der Waals surface area contributed by atoms with Gasteiger partial charge in [0.1, 0.15) is 0 Å². The number of ether oxygens (including phenoxy) is 2. The van der Waals surface area contributed by atoms with Crippen LogP contribution < -0.4 is 10.6 Å². The van der Waals surface area contributed by atoms with E-state index < -0.39 is 6.09 Å². The van der Waals surface area contributed by atoms with Crippen molar-refractivity contribution in [3.63, 3.8) is 0 Å². The van der Waals surface area contributed by atoms with Gasteiger partial charge in [-0.3, -0.25) is 5.32 Å². The molecule has 1 aromatic carbocycles. The van der Waals surface area contributed by atoms with Crippen molar-refractivity contribution in [2.75, 3.05) is 45.8 Å². The topological polar surface area (TPSA) is 75.2 Å². The molecule has 0 radical (unpaired) electrons. The Morgan fingerprint density at radius 2 is 1.96 bits per heavy atom. The van der Waals surface area contributed by atoms with Gasteiger partial charge in [-0.05, 0) is 49.8 Å². The van der Waals surface area contributed by atoms with Gasteiger partial charge in [-0.25, -0.2) is 9.79 Å². The number of methoxy groups -OCH3 is 1. The smallest absolute Gasteiger partial charge is 0.411 e. The molecule has 7 nitrogen and oxygen atoms in total. The van der Waals surface area contributed by atoms with Crippen molar-refractivity contribution >= 4 is 41.7 Å². The lowest BCUT2D eigenvalue weighted by molar-refractivity contribution is 0.0625. The van der Waals surface area contributed by atoms with Crippen LogP contribution in [0.25, 0.3) is 0 Å². The van der Waals surface area contributed by atoms with Gasteiger partial charge in [-0.1, -0.05) is 12.1 Å². The first-order valence-corrected chi connectivity index (χ1v) is 9.63. The molecule has 0 spiro atoms. The molecule has 0 unspecified atom stereocenters. The highest BCUT2D eigenvalue weighted by Gasteiger charge is 2.15. The lowest BCUT2D eigenvalue weighted by Gasteiger charge is -2.26. The van der Waals surface area contributed by atoms with Crippen LogP contribution in [0.5, 0.6) is 0 Å². The molecular weight excluding hydrogens is 471 g/mol. The first kappa shape index (κ1) is 24.5. The molecule has 0 aliphatic carbocycles. The van der Waals surface area contributed by atoms with Crippen molar-refractivity contribution in [3.05, 3.63) is 29.8 Å². The maximum atomic E-state index is 11.2. The van der Waals surface area contributed by atoms with Crippen molar-refractivity contribution in [2.24, 2.45) is 10.9 Å². The fourth-order valence-corrected chi connectivity index (χ4v) is 3.02. The largest absolute Gasteiger partial charge is 0.453 e. The third kappa shape index (κ3) is 8.64. The average molecular weight is 504 g/mol. The van der Waals surface area contributed by atoms with Crippen LogP contribution in [0.4, 0.5) is 10.5 Å². The van der Waals surface area contributed by atoms with E-state index in [-0.39, 0.29) is 24.0 Å². The minimum Gasteiger partial charge on any atom is -0.453 e. The van der Waals surface area contributed by atoms with E-state index in [1.54, 1.807) is 0 Å².